The van der Waals surface area contributed by atoms with Crippen LogP contribution in [0.25, 0.3) is 5.57 Å². The van der Waals surface area contributed by atoms with Crippen molar-refractivity contribution in [3.05, 3.63) is 35.5 Å². The van der Waals surface area contributed by atoms with Crippen LogP contribution in [0.4, 0.5) is 0 Å². The lowest BCUT2D eigenvalue weighted by molar-refractivity contribution is -0.138. The van der Waals surface area contributed by atoms with Gasteiger partial charge in [-0.2, -0.15) is 0 Å². The van der Waals surface area contributed by atoms with E-state index in [1.54, 1.807) is 13.2 Å². The Hall–Kier alpha value is -2.38. The van der Waals surface area contributed by atoms with Crippen LogP contribution in [0, 0.1) is 0 Å². The molecule has 7 nitrogen and oxygen atoms in total. The molecule has 2 amide bonds. The predicted molar refractivity (Wildman–Crippen MR) is 100 cm³/mol. The number of imide groups is 1. The third-order valence-corrected chi connectivity index (χ3v) is 4.61. The second-order valence-corrected chi connectivity index (χ2v) is 6.70. The van der Waals surface area contributed by atoms with Crippen LogP contribution in [0.1, 0.15) is 19.4 Å². The first-order chi connectivity index (χ1) is 13.0. The van der Waals surface area contributed by atoms with Crippen molar-refractivity contribution in [3.63, 3.8) is 0 Å². The molecule has 27 heavy (non-hydrogen) atoms. The van der Waals surface area contributed by atoms with Crippen LogP contribution in [0.3, 0.4) is 0 Å². The third-order valence-electron chi connectivity index (χ3n) is 4.61. The van der Waals surface area contributed by atoms with E-state index in [4.69, 9.17) is 14.2 Å². The van der Waals surface area contributed by atoms with Gasteiger partial charge in [-0.25, -0.2) is 0 Å². The number of hydrogen-bond donors (Lipinski definition) is 0. The zero-order valence-corrected chi connectivity index (χ0v) is 16.1. The summed E-state index contributed by atoms with van der Waals surface area (Å²) in [4.78, 5) is 29.5. The van der Waals surface area contributed by atoms with Gasteiger partial charge in [-0.05, 0) is 19.9 Å². The first-order valence-electron chi connectivity index (χ1n) is 9.22. The number of para-hydroxylation sites is 1. The summed E-state index contributed by atoms with van der Waals surface area (Å²) in [6, 6.07) is 7.28. The number of nitrogens with zero attached hydrogens (tertiary/aromatic N) is 2. The molecule has 1 aromatic rings. The molecule has 0 atom stereocenters. The fraction of sp³-hybridized carbons (Fsp3) is 0.500. The van der Waals surface area contributed by atoms with E-state index >= 15 is 0 Å². The lowest BCUT2D eigenvalue weighted by atomic mass is 10.0. The molecule has 0 unspecified atom stereocenters. The number of hydrogen-bond acceptors (Lipinski definition) is 6. The smallest absolute Gasteiger partial charge is 0.277 e. The number of carbonyl (C=O) groups excluding carboxylic acids is 2. The minimum absolute atomic E-state index is 0.0400. The summed E-state index contributed by atoms with van der Waals surface area (Å²) in [5.74, 6) is -0.0202. The van der Waals surface area contributed by atoms with Crippen molar-refractivity contribution in [1.29, 1.82) is 0 Å². The summed E-state index contributed by atoms with van der Waals surface area (Å²) in [5, 5.41) is 0. The van der Waals surface area contributed by atoms with Gasteiger partial charge in [0.15, 0.2) is 0 Å². The molecule has 0 saturated carbocycles. The van der Waals surface area contributed by atoms with E-state index in [2.05, 4.69) is 0 Å². The SMILES string of the molecule is COc1ccccc1C1=C(N2CCOCC2)C(=O)N(CCOC(C)C)C1=O. The number of benzene rings is 1. The Balaban J connectivity index is 1.98. The van der Waals surface area contributed by atoms with Gasteiger partial charge in [-0.1, -0.05) is 18.2 Å². The first-order valence-corrected chi connectivity index (χ1v) is 9.22. The highest BCUT2D eigenvalue weighted by molar-refractivity contribution is 6.36. The van der Waals surface area contributed by atoms with Crippen LogP contribution in [-0.4, -0.2) is 74.3 Å². The minimum atomic E-state index is -0.307. The largest absolute Gasteiger partial charge is 0.496 e. The molecule has 2 heterocycles. The van der Waals surface area contributed by atoms with Crippen molar-refractivity contribution >= 4 is 17.4 Å². The van der Waals surface area contributed by atoms with Crippen LogP contribution in [0.2, 0.25) is 0 Å². The molecule has 0 radical (unpaired) electrons. The topological polar surface area (TPSA) is 68.3 Å². The lowest BCUT2D eigenvalue weighted by Crippen LogP contribution is -2.41. The molecule has 1 aromatic carbocycles. The molecule has 0 N–H and O–H groups in total. The summed E-state index contributed by atoms with van der Waals surface area (Å²) in [6.07, 6.45) is 0.0400. The Bertz CT molecular complexity index is 738. The molecule has 0 aliphatic carbocycles. The summed E-state index contributed by atoms with van der Waals surface area (Å²) in [5.41, 5.74) is 1.45. The van der Waals surface area contributed by atoms with E-state index in [1.165, 1.54) is 4.90 Å². The van der Waals surface area contributed by atoms with Gasteiger partial charge < -0.3 is 19.1 Å². The first kappa shape index (κ1) is 19.4. The third kappa shape index (κ3) is 3.99. The molecular formula is C20H26N2O5. The zero-order chi connectivity index (χ0) is 19.4. The van der Waals surface area contributed by atoms with Crippen molar-refractivity contribution in [2.45, 2.75) is 20.0 Å². The van der Waals surface area contributed by atoms with Crippen LogP contribution in [-0.2, 0) is 19.1 Å². The van der Waals surface area contributed by atoms with Crippen molar-refractivity contribution < 1.29 is 23.8 Å². The number of ether oxygens (including phenoxy) is 3. The molecule has 1 fully saturated rings. The highest BCUT2D eigenvalue weighted by Gasteiger charge is 2.42. The van der Waals surface area contributed by atoms with E-state index in [-0.39, 0.29) is 24.5 Å². The fourth-order valence-corrected chi connectivity index (χ4v) is 3.32. The quantitative estimate of drug-likeness (QED) is 0.675. The average Bonchev–Trinajstić information content (AvgIpc) is 2.92. The Morgan fingerprint density at radius 1 is 1.11 bits per heavy atom. The molecule has 1 saturated heterocycles. The van der Waals surface area contributed by atoms with Crippen molar-refractivity contribution in [2.24, 2.45) is 0 Å². The predicted octanol–water partition coefficient (Wildman–Crippen LogP) is 1.53. The van der Waals surface area contributed by atoms with Gasteiger partial charge in [0.1, 0.15) is 11.4 Å². The Morgan fingerprint density at radius 3 is 2.48 bits per heavy atom. The van der Waals surface area contributed by atoms with Gasteiger partial charge in [0.2, 0.25) is 0 Å². The van der Waals surface area contributed by atoms with E-state index in [1.807, 2.05) is 36.9 Å². The highest BCUT2D eigenvalue weighted by atomic mass is 16.5. The van der Waals surface area contributed by atoms with E-state index < -0.39 is 0 Å². The Morgan fingerprint density at radius 2 is 1.81 bits per heavy atom. The van der Waals surface area contributed by atoms with Crippen molar-refractivity contribution in [2.75, 3.05) is 46.6 Å². The number of carbonyl (C=O) groups is 2. The normalized spacial score (nSPS) is 18.1. The van der Waals surface area contributed by atoms with E-state index in [0.717, 1.165) is 0 Å². The summed E-state index contributed by atoms with van der Waals surface area (Å²) >= 11 is 0. The molecule has 146 valence electrons. The molecule has 7 heteroatoms. The van der Waals surface area contributed by atoms with Crippen LogP contribution in [0.15, 0.2) is 30.0 Å². The van der Waals surface area contributed by atoms with Gasteiger partial charge in [0.05, 0.1) is 45.2 Å². The second kappa shape index (κ2) is 8.54. The molecular weight excluding hydrogens is 348 g/mol. The minimum Gasteiger partial charge on any atom is -0.496 e. The highest BCUT2D eigenvalue weighted by Crippen LogP contribution is 2.36. The molecule has 0 aromatic heterocycles. The van der Waals surface area contributed by atoms with Gasteiger partial charge in [-0.3, -0.25) is 14.5 Å². The Kier molecular flexibility index (Phi) is 6.13. The molecule has 0 spiro atoms. The lowest BCUT2D eigenvalue weighted by Gasteiger charge is -2.29. The maximum Gasteiger partial charge on any atom is 0.277 e. The number of methoxy groups -OCH3 is 1. The second-order valence-electron chi connectivity index (χ2n) is 6.70. The van der Waals surface area contributed by atoms with Crippen molar-refractivity contribution in [3.8, 4) is 5.75 Å². The van der Waals surface area contributed by atoms with Gasteiger partial charge in [0, 0.05) is 18.7 Å². The fourth-order valence-electron chi connectivity index (χ4n) is 3.32. The maximum atomic E-state index is 13.2. The van der Waals surface area contributed by atoms with Crippen LogP contribution < -0.4 is 4.74 Å². The van der Waals surface area contributed by atoms with Gasteiger partial charge >= 0.3 is 0 Å². The summed E-state index contributed by atoms with van der Waals surface area (Å²) in [7, 11) is 1.56. The molecule has 2 aliphatic rings. The maximum absolute atomic E-state index is 13.2. The molecule has 3 rings (SSSR count). The van der Waals surface area contributed by atoms with Gasteiger partial charge in [0.25, 0.3) is 11.8 Å². The Labute approximate surface area is 159 Å². The average molecular weight is 374 g/mol. The number of amides is 2. The number of morpholine rings is 1. The van der Waals surface area contributed by atoms with Crippen LogP contribution in [0.5, 0.6) is 5.75 Å². The van der Waals surface area contributed by atoms with Crippen LogP contribution >= 0.6 is 0 Å². The standard InChI is InChI=1S/C20H26N2O5/c1-14(2)27-13-10-22-19(23)17(15-6-4-5-7-16(15)25-3)18(20(22)24)21-8-11-26-12-9-21/h4-7,14H,8-13H2,1-3H3. The van der Waals surface area contributed by atoms with Crippen molar-refractivity contribution in [1.82, 2.24) is 9.80 Å². The van der Waals surface area contributed by atoms with E-state index in [0.29, 0.717) is 55.5 Å². The van der Waals surface area contributed by atoms with Gasteiger partial charge in [-0.15, -0.1) is 0 Å². The number of rotatable bonds is 7. The molecule has 2 aliphatic heterocycles. The summed E-state index contributed by atoms with van der Waals surface area (Å²) in [6.45, 7) is 6.58. The van der Waals surface area contributed by atoms with E-state index in [9.17, 15) is 9.59 Å². The summed E-state index contributed by atoms with van der Waals surface area (Å²) < 4.78 is 16.4. The molecule has 0 bridgehead atoms. The zero-order valence-electron chi connectivity index (χ0n) is 16.1. The monoisotopic (exact) mass is 374 g/mol.